The van der Waals surface area contributed by atoms with Crippen LogP contribution in [0.25, 0.3) is 0 Å². The molecule has 0 aliphatic heterocycles. The summed E-state index contributed by atoms with van der Waals surface area (Å²) >= 11 is 0. The molecule has 3 N–H and O–H groups in total. The third-order valence-corrected chi connectivity index (χ3v) is 2.73. The smallest absolute Gasteiger partial charge is 0.790 e. The van der Waals surface area contributed by atoms with Gasteiger partial charge in [0.15, 0.2) is 5.78 Å². The number of carbonyl (C=O) groups is 1. The van der Waals surface area contributed by atoms with E-state index in [1.165, 1.54) is 0 Å². The maximum absolute atomic E-state index is 11.1. The Kier molecular flexibility index (Phi) is 16.7. The Morgan fingerprint density at radius 3 is 1.73 bits per heavy atom. The van der Waals surface area contributed by atoms with Crippen LogP contribution < -0.4 is 19.6 Å². The van der Waals surface area contributed by atoms with E-state index >= 15 is 0 Å². The van der Waals surface area contributed by atoms with E-state index in [9.17, 15) is 38.6 Å². The number of carbonyl (C=O) groups excluding carboxylic acids is 1. The fourth-order valence-corrected chi connectivity index (χ4v) is 1.52. The van der Waals surface area contributed by atoms with Gasteiger partial charge in [0.25, 0.3) is 0 Å². The van der Waals surface area contributed by atoms with Crippen molar-refractivity contribution in [3.8, 4) is 0 Å². The molecule has 16 heteroatoms. The topological polar surface area (TPSA) is 223 Å². The summed E-state index contributed by atoms with van der Waals surface area (Å²) in [4.78, 5) is 51.4. The molecule has 0 unspecified atom stereocenters. The summed E-state index contributed by atoms with van der Waals surface area (Å²) in [5, 5.41) is 27.5. The summed E-state index contributed by atoms with van der Waals surface area (Å²) in [6.07, 6.45) is -6.83. The Hall–Kier alpha value is 2.29. The zero-order valence-electron chi connectivity index (χ0n) is 11.0. The van der Waals surface area contributed by atoms with Crippen LogP contribution in [0.1, 0.15) is 0 Å². The third-order valence-electron chi connectivity index (χ3n) is 1.82. The molecule has 0 heterocycles. The van der Waals surface area contributed by atoms with E-state index in [0.717, 1.165) is 0 Å². The van der Waals surface area contributed by atoms with E-state index in [-0.39, 0.29) is 75.5 Å². The maximum Gasteiger partial charge on any atom is 2.00 e. The fraction of sp³-hybridized carbons (Fsp3) is 0.833. The third kappa shape index (κ3) is 14.6. The Labute approximate surface area is 184 Å². The second-order valence-electron chi connectivity index (χ2n) is 3.43. The number of phosphoric acid groups is 2. The SMILES string of the molecule is O=C(COP(=O)([O-])[O-])[C@H](O)[C@H](O)[C@@H](O)COP(=O)([O-])[O-].[Ca+2].[Ca+2]. The summed E-state index contributed by atoms with van der Waals surface area (Å²) in [7, 11) is -10.9. The molecule has 12 nitrogen and oxygen atoms in total. The first-order valence-corrected chi connectivity index (χ1v) is 7.65. The number of aliphatic hydroxyl groups excluding tert-OH is 3. The molecule has 120 valence electrons. The van der Waals surface area contributed by atoms with Crippen molar-refractivity contribution in [2.24, 2.45) is 0 Å². The molecule has 0 spiro atoms. The van der Waals surface area contributed by atoms with Crippen LogP contribution in [0.2, 0.25) is 0 Å². The number of hydrogen-bond donors (Lipinski definition) is 3. The van der Waals surface area contributed by atoms with E-state index in [1.807, 2.05) is 0 Å². The van der Waals surface area contributed by atoms with Crippen LogP contribution in [0.4, 0.5) is 0 Å². The van der Waals surface area contributed by atoms with Gasteiger partial charge in [0, 0.05) is 0 Å². The van der Waals surface area contributed by atoms with Crippen LogP contribution in [0.15, 0.2) is 0 Å². The second kappa shape index (κ2) is 12.6. The van der Waals surface area contributed by atoms with Gasteiger partial charge in [-0.05, 0) is 0 Å². The Balaban J connectivity index is -0.00000180. The molecule has 0 saturated carbocycles. The molecule has 0 radical (unpaired) electrons. The molecule has 3 atom stereocenters. The molecule has 0 aromatic rings. The normalized spacial score (nSPS) is 16.0. The minimum atomic E-state index is -5.47. The van der Waals surface area contributed by atoms with Gasteiger partial charge in [-0.1, -0.05) is 0 Å². The van der Waals surface area contributed by atoms with Gasteiger partial charge >= 0.3 is 75.5 Å². The maximum atomic E-state index is 11.1. The molecule has 0 rings (SSSR count). The molecule has 0 aromatic carbocycles. The van der Waals surface area contributed by atoms with E-state index in [1.54, 1.807) is 0 Å². The van der Waals surface area contributed by atoms with Gasteiger partial charge in [0.1, 0.15) is 24.9 Å². The van der Waals surface area contributed by atoms with Crippen LogP contribution >= 0.6 is 15.6 Å². The summed E-state index contributed by atoms with van der Waals surface area (Å²) in [5.74, 6) is -1.48. The van der Waals surface area contributed by atoms with Crippen molar-refractivity contribution in [1.29, 1.82) is 0 Å². The zero-order chi connectivity index (χ0) is 16.1. The first-order valence-electron chi connectivity index (χ1n) is 4.73. The number of rotatable bonds is 9. The minimum Gasteiger partial charge on any atom is -0.790 e. The number of aliphatic hydroxyl groups is 3. The average Bonchev–Trinajstić information content (AvgIpc) is 2.29. The van der Waals surface area contributed by atoms with Crippen molar-refractivity contribution in [3.05, 3.63) is 0 Å². The van der Waals surface area contributed by atoms with Gasteiger partial charge in [-0.3, -0.25) is 4.79 Å². The first-order chi connectivity index (χ1) is 8.83. The molecule has 0 aliphatic carbocycles. The van der Waals surface area contributed by atoms with E-state index in [4.69, 9.17) is 10.2 Å². The predicted molar refractivity (Wildman–Crippen MR) is 61.7 cm³/mol. The van der Waals surface area contributed by atoms with Crippen molar-refractivity contribution in [2.75, 3.05) is 13.2 Å². The molecular formula is C6H10Ca2O12P2. The molecule has 0 amide bonds. The number of Topliss-reactive ketones (excluding diaryl/α,β-unsaturated/α-hetero) is 1. The van der Waals surface area contributed by atoms with E-state index in [2.05, 4.69) is 9.05 Å². The van der Waals surface area contributed by atoms with Crippen LogP contribution in [-0.4, -0.2) is 128 Å². The standard InChI is InChI=1S/C6H14O12P2.2Ca/c7-3(1-17-19(11,12)13)5(9)6(10)4(8)2-18-20(14,15)16;;/h3,5-7,9-10H,1-2H2,(H2,11,12,13)(H2,14,15,16);;/q;2*+2/p-4/t3-,5+,6-;;/m0../s1. The van der Waals surface area contributed by atoms with Gasteiger partial charge in [-0.2, -0.15) is 0 Å². The molecule has 0 saturated heterocycles. The minimum absolute atomic E-state index is 0. The number of phosphoric ester groups is 2. The first kappa shape index (κ1) is 29.1. The van der Waals surface area contributed by atoms with Gasteiger partial charge in [-0.25, -0.2) is 0 Å². The zero-order valence-corrected chi connectivity index (χ0v) is 17.2. The van der Waals surface area contributed by atoms with Crippen molar-refractivity contribution in [2.45, 2.75) is 18.3 Å². The number of hydrogen-bond acceptors (Lipinski definition) is 12. The molecule has 0 bridgehead atoms. The molecule has 0 aromatic heterocycles. The summed E-state index contributed by atoms with van der Waals surface area (Å²) in [6, 6.07) is 0. The second-order valence-corrected chi connectivity index (χ2v) is 5.74. The van der Waals surface area contributed by atoms with Crippen LogP contribution in [-0.2, 0) is 23.0 Å². The van der Waals surface area contributed by atoms with Crippen LogP contribution in [0.3, 0.4) is 0 Å². The number of ketones is 1. The van der Waals surface area contributed by atoms with E-state index < -0.39 is 53.0 Å². The molecule has 22 heavy (non-hydrogen) atoms. The quantitative estimate of drug-likeness (QED) is 0.236. The van der Waals surface area contributed by atoms with Crippen molar-refractivity contribution >= 4 is 96.9 Å². The van der Waals surface area contributed by atoms with Crippen molar-refractivity contribution < 1.29 is 57.9 Å². The van der Waals surface area contributed by atoms with Crippen molar-refractivity contribution in [1.82, 2.24) is 0 Å². The average molecular weight is 416 g/mol. The fourth-order valence-electron chi connectivity index (χ4n) is 0.895. The molecule has 0 fully saturated rings. The summed E-state index contributed by atoms with van der Waals surface area (Å²) in [6.45, 7) is -2.63. The largest absolute Gasteiger partial charge is 2.00 e. The van der Waals surface area contributed by atoms with Crippen molar-refractivity contribution in [3.63, 3.8) is 0 Å². The summed E-state index contributed by atoms with van der Waals surface area (Å²) in [5.41, 5.74) is 0. The molecule has 0 aliphatic rings. The van der Waals surface area contributed by atoms with Gasteiger partial charge in [0.2, 0.25) is 0 Å². The molecular weight excluding hydrogens is 406 g/mol. The van der Waals surface area contributed by atoms with Gasteiger partial charge < -0.3 is 53.1 Å². The monoisotopic (exact) mass is 416 g/mol. The van der Waals surface area contributed by atoms with Crippen LogP contribution in [0, 0.1) is 0 Å². The Morgan fingerprint density at radius 2 is 1.36 bits per heavy atom. The van der Waals surface area contributed by atoms with Gasteiger partial charge in [-0.15, -0.1) is 0 Å². The Bertz CT molecular complexity index is 420. The van der Waals surface area contributed by atoms with Crippen LogP contribution in [0.5, 0.6) is 0 Å². The van der Waals surface area contributed by atoms with E-state index in [0.29, 0.717) is 0 Å². The van der Waals surface area contributed by atoms with Gasteiger partial charge in [0.05, 0.1) is 22.3 Å². The predicted octanol–water partition coefficient (Wildman–Crippen LogP) is -6.43. The summed E-state index contributed by atoms with van der Waals surface area (Å²) < 4.78 is 27.3. The Morgan fingerprint density at radius 1 is 0.955 bits per heavy atom.